The van der Waals surface area contributed by atoms with Gasteiger partial charge in [0.25, 0.3) is 6.34 Å². The quantitative estimate of drug-likeness (QED) is 0.570. The summed E-state index contributed by atoms with van der Waals surface area (Å²) in [6.45, 7) is 6.32. The molecule has 0 amide bonds. The van der Waals surface area contributed by atoms with Crippen LogP contribution in [0.3, 0.4) is 0 Å². The lowest BCUT2D eigenvalue weighted by atomic mass is 10.5. The zero-order valence-corrected chi connectivity index (χ0v) is 8.59. The first kappa shape index (κ1) is 10.4. The second-order valence-electron chi connectivity index (χ2n) is 2.97. The second kappa shape index (κ2) is 5.11. The van der Waals surface area contributed by atoms with Crippen molar-refractivity contribution in [2.24, 2.45) is 9.98 Å². The Labute approximate surface area is 84.3 Å². The predicted molar refractivity (Wildman–Crippen MR) is 59.9 cm³/mol. The summed E-state index contributed by atoms with van der Waals surface area (Å²) in [5.74, 6) is 0. The first-order chi connectivity index (χ1) is 6.72. The molecule has 1 rings (SSSR count). The van der Waals surface area contributed by atoms with Crippen LogP contribution >= 0.6 is 0 Å². The summed E-state index contributed by atoms with van der Waals surface area (Å²) < 4.78 is 1.83. The number of rotatable bonds is 1. The van der Waals surface area contributed by atoms with Gasteiger partial charge in [-0.3, -0.25) is 4.90 Å². The van der Waals surface area contributed by atoms with Crippen molar-refractivity contribution in [2.45, 2.75) is 6.92 Å². The van der Waals surface area contributed by atoms with Crippen LogP contribution in [0.1, 0.15) is 6.92 Å². The van der Waals surface area contributed by atoms with Crippen LogP contribution in [0.15, 0.2) is 34.5 Å². The maximum atomic E-state index is 4.22. The van der Waals surface area contributed by atoms with Crippen LogP contribution in [0, 0.1) is 0 Å². The van der Waals surface area contributed by atoms with E-state index in [1.807, 2.05) is 41.9 Å². The van der Waals surface area contributed by atoms with Gasteiger partial charge in [0, 0.05) is 6.20 Å². The van der Waals surface area contributed by atoms with Gasteiger partial charge in [0.05, 0.1) is 19.1 Å². The molecule has 14 heavy (non-hydrogen) atoms. The fraction of sp³-hybridized carbons (Fsp3) is 0.300. The zero-order valence-electron chi connectivity index (χ0n) is 8.59. The Balaban J connectivity index is 2.84. The molecule has 4 heteroatoms. The Morgan fingerprint density at radius 3 is 3.14 bits per heavy atom. The Hall–Kier alpha value is -1.71. The number of hydrogen-bond donors (Lipinski definition) is 0. The Morgan fingerprint density at radius 2 is 2.43 bits per heavy atom. The topological polar surface area (TPSA) is 31.0 Å². The highest BCUT2D eigenvalue weighted by Gasteiger charge is 2.00. The SMILES string of the molecule is C=C1C=[N+](C)C=NCN(C=CC)C=N1. The Kier molecular flexibility index (Phi) is 3.79. The maximum Gasteiger partial charge on any atom is 0.282 e. The first-order valence-electron chi connectivity index (χ1n) is 4.41. The highest BCUT2D eigenvalue weighted by molar-refractivity contribution is 5.79. The van der Waals surface area contributed by atoms with Crippen molar-refractivity contribution in [1.29, 1.82) is 0 Å². The van der Waals surface area contributed by atoms with E-state index in [0.29, 0.717) is 12.4 Å². The lowest BCUT2D eigenvalue weighted by Gasteiger charge is -2.05. The molecule has 0 aromatic carbocycles. The van der Waals surface area contributed by atoms with E-state index in [0.717, 1.165) is 0 Å². The fourth-order valence-corrected chi connectivity index (χ4v) is 1.02. The van der Waals surface area contributed by atoms with Gasteiger partial charge in [-0.2, -0.15) is 0 Å². The lowest BCUT2D eigenvalue weighted by molar-refractivity contribution is -0.354. The highest BCUT2D eigenvalue weighted by Crippen LogP contribution is 1.93. The molecule has 1 aliphatic heterocycles. The molecular weight excluding hydrogens is 176 g/mol. The standard InChI is InChI=1S/C10H15N4/c1-4-5-14-8-11-7-13(3)6-10(2)12-9-14/h4-7,9H,2,8H2,1,3H3/q+1. The van der Waals surface area contributed by atoms with Gasteiger partial charge < -0.3 is 0 Å². The molecule has 0 spiro atoms. The van der Waals surface area contributed by atoms with Gasteiger partial charge >= 0.3 is 0 Å². The van der Waals surface area contributed by atoms with E-state index in [1.54, 1.807) is 12.7 Å². The molecule has 0 fully saturated rings. The van der Waals surface area contributed by atoms with Gasteiger partial charge in [-0.05, 0) is 6.92 Å². The van der Waals surface area contributed by atoms with Gasteiger partial charge in [0.2, 0.25) is 6.67 Å². The van der Waals surface area contributed by atoms with E-state index in [9.17, 15) is 0 Å². The molecule has 1 aliphatic rings. The van der Waals surface area contributed by atoms with Crippen LogP contribution in [0.2, 0.25) is 0 Å². The largest absolute Gasteiger partial charge is 0.299 e. The van der Waals surface area contributed by atoms with Crippen molar-refractivity contribution in [1.82, 2.24) is 4.90 Å². The molecule has 0 N–H and O–H groups in total. The van der Waals surface area contributed by atoms with Crippen LogP contribution < -0.4 is 0 Å². The minimum absolute atomic E-state index is 0.569. The Morgan fingerprint density at radius 1 is 1.64 bits per heavy atom. The molecule has 0 aromatic heterocycles. The van der Waals surface area contributed by atoms with Crippen LogP contribution in [-0.2, 0) is 0 Å². The second-order valence-corrected chi connectivity index (χ2v) is 2.97. The van der Waals surface area contributed by atoms with Crippen molar-refractivity contribution in [3.8, 4) is 0 Å². The van der Waals surface area contributed by atoms with E-state index in [1.165, 1.54) is 0 Å². The van der Waals surface area contributed by atoms with Gasteiger partial charge in [0.1, 0.15) is 6.21 Å². The third-order valence-electron chi connectivity index (χ3n) is 1.57. The first-order valence-corrected chi connectivity index (χ1v) is 4.41. The smallest absolute Gasteiger partial charge is 0.282 e. The van der Waals surface area contributed by atoms with Crippen molar-refractivity contribution in [3.63, 3.8) is 0 Å². The molecule has 0 unspecified atom stereocenters. The van der Waals surface area contributed by atoms with Crippen molar-refractivity contribution < 1.29 is 4.58 Å². The Bertz CT molecular complexity index is 323. The van der Waals surface area contributed by atoms with E-state index in [4.69, 9.17) is 0 Å². The zero-order chi connectivity index (χ0) is 10.4. The molecule has 0 radical (unpaired) electrons. The van der Waals surface area contributed by atoms with E-state index in [2.05, 4.69) is 16.6 Å². The predicted octanol–water partition coefficient (Wildman–Crippen LogP) is 1.08. The molecule has 0 atom stereocenters. The van der Waals surface area contributed by atoms with Crippen LogP contribution in [0.25, 0.3) is 0 Å². The fourth-order valence-electron chi connectivity index (χ4n) is 1.02. The molecule has 0 aromatic rings. The molecule has 0 bridgehead atoms. The summed E-state index contributed by atoms with van der Waals surface area (Å²) in [6.07, 6.45) is 9.14. The summed E-state index contributed by atoms with van der Waals surface area (Å²) in [7, 11) is 1.90. The lowest BCUT2D eigenvalue weighted by Crippen LogP contribution is -2.15. The molecule has 0 saturated carbocycles. The van der Waals surface area contributed by atoms with Crippen molar-refractivity contribution in [3.05, 3.63) is 24.6 Å². The summed E-state index contributed by atoms with van der Waals surface area (Å²) in [5.41, 5.74) is 0.704. The van der Waals surface area contributed by atoms with Crippen LogP contribution in [0.4, 0.5) is 0 Å². The minimum Gasteiger partial charge on any atom is -0.299 e. The number of allylic oxidation sites excluding steroid dienone is 2. The van der Waals surface area contributed by atoms with Gasteiger partial charge in [-0.1, -0.05) is 17.6 Å². The van der Waals surface area contributed by atoms with Crippen molar-refractivity contribution in [2.75, 3.05) is 13.7 Å². The van der Waals surface area contributed by atoms with Gasteiger partial charge in [-0.15, -0.1) is 0 Å². The monoisotopic (exact) mass is 191 g/mol. The van der Waals surface area contributed by atoms with E-state index in [-0.39, 0.29) is 0 Å². The molecule has 4 nitrogen and oxygen atoms in total. The third-order valence-corrected chi connectivity index (χ3v) is 1.57. The number of nitrogens with zero attached hydrogens (tertiary/aromatic N) is 4. The summed E-state index contributed by atoms with van der Waals surface area (Å²) in [6, 6.07) is 0. The van der Waals surface area contributed by atoms with Crippen LogP contribution in [-0.4, -0.2) is 42.1 Å². The highest BCUT2D eigenvalue weighted by atomic mass is 15.2. The summed E-state index contributed by atoms with van der Waals surface area (Å²) >= 11 is 0. The average Bonchev–Trinajstić information content (AvgIpc) is 2.19. The van der Waals surface area contributed by atoms with Gasteiger partial charge in [0.15, 0.2) is 0 Å². The molecular formula is C10H15N4+. The molecule has 74 valence electrons. The van der Waals surface area contributed by atoms with E-state index < -0.39 is 0 Å². The summed E-state index contributed by atoms with van der Waals surface area (Å²) in [5, 5.41) is 0. The normalized spacial score (nSPS) is 18.0. The molecule has 1 heterocycles. The van der Waals surface area contributed by atoms with Crippen molar-refractivity contribution >= 4 is 18.9 Å². The average molecular weight is 191 g/mol. The third kappa shape index (κ3) is 3.35. The van der Waals surface area contributed by atoms with E-state index >= 15 is 0 Å². The summed E-state index contributed by atoms with van der Waals surface area (Å²) in [4.78, 5) is 10.3. The minimum atomic E-state index is 0.569. The number of hydrogen-bond acceptors (Lipinski definition) is 3. The van der Waals surface area contributed by atoms with Crippen LogP contribution in [0.5, 0.6) is 0 Å². The number of aliphatic imine (C=N–C) groups is 2. The van der Waals surface area contributed by atoms with Gasteiger partial charge in [-0.25, -0.2) is 9.57 Å². The molecule has 0 aliphatic carbocycles. The molecule has 0 saturated heterocycles. The maximum absolute atomic E-state index is 4.22.